The van der Waals surface area contributed by atoms with Crippen LogP contribution in [-0.4, -0.2) is 47.5 Å². The van der Waals surface area contributed by atoms with Gasteiger partial charge >= 0.3 is 12.1 Å². The largest absolute Gasteiger partial charge is 0.457 e. The maximum absolute atomic E-state index is 13.2. The molecule has 0 spiro atoms. The number of ether oxygens (including phenoxy) is 2. The molecule has 4 N–H and O–H groups in total. The summed E-state index contributed by atoms with van der Waals surface area (Å²) in [5.74, 6) is -1.42. The van der Waals surface area contributed by atoms with Gasteiger partial charge in [-0.05, 0) is 78.9 Å². The summed E-state index contributed by atoms with van der Waals surface area (Å²) < 4.78 is 79.6. The van der Waals surface area contributed by atoms with Crippen LogP contribution in [0.15, 0.2) is 65.1 Å². The van der Waals surface area contributed by atoms with Crippen LogP contribution in [0, 0.1) is 5.82 Å². The molecule has 1 aliphatic rings. The van der Waals surface area contributed by atoms with Crippen LogP contribution in [0.3, 0.4) is 0 Å². The summed E-state index contributed by atoms with van der Waals surface area (Å²) in [6.07, 6.45) is 1.06. The zero-order valence-corrected chi connectivity index (χ0v) is 24.3. The van der Waals surface area contributed by atoms with Crippen LogP contribution < -0.4 is 19.9 Å². The second-order valence-electron chi connectivity index (χ2n) is 9.98. The van der Waals surface area contributed by atoms with Gasteiger partial charge < -0.3 is 19.6 Å². The van der Waals surface area contributed by atoms with Crippen molar-refractivity contribution in [1.82, 2.24) is 0 Å². The number of hydrogen-bond donors (Lipinski definition) is 2. The maximum Gasteiger partial charge on any atom is 0.412 e. The lowest BCUT2D eigenvalue weighted by Crippen LogP contribution is -2.36. The molecule has 0 radical (unpaired) electrons. The van der Waals surface area contributed by atoms with Crippen molar-refractivity contribution in [3.63, 3.8) is 0 Å². The molecule has 226 valence electrons. The minimum absolute atomic E-state index is 0.00363. The number of esters is 1. The van der Waals surface area contributed by atoms with Crippen LogP contribution in [-0.2, 0) is 24.8 Å². The molecule has 1 aromatic heterocycles. The van der Waals surface area contributed by atoms with Crippen LogP contribution in [0.5, 0.6) is 11.5 Å². The maximum atomic E-state index is 13.2. The zero-order chi connectivity index (χ0) is 31.1. The number of benzene rings is 3. The molecular weight excluding hydrogens is 605 g/mol. The zero-order valence-electron chi connectivity index (χ0n) is 22.6. The SMILES string of the molecule is CS(=O)(=O)N(CCS(N)(=O)=O)c1cc2oc(-c3ccc(Oc4ccc(F)cc4)cc3)c(C(=O)OC(N)=O)c2cc1C1CC1. The van der Waals surface area contributed by atoms with Gasteiger partial charge in [0.1, 0.15) is 34.2 Å². The molecule has 43 heavy (non-hydrogen) atoms. The number of hydrogen-bond acceptors (Lipinski definition) is 9. The molecular formula is C28H26FN3O9S2. The van der Waals surface area contributed by atoms with Crippen molar-refractivity contribution in [3.05, 3.63) is 77.6 Å². The molecule has 15 heteroatoms. The summed E-state index contributed by atoms with van der Waals surface area (Å²) in [7, 11) is -7.97. The van der Waals surface area contributed by atoms with Gasteiger partial charge in [0.15, 0.2) is 0 Å². The monoisotopic (exact) mass is 631 g/mol. The van der Waals surface area contributed by atoms with Gasteiger partial charge in [-0.3, -0.25) is 4.31 Å². The highest BCUT2D eigenvalue weighted by atomic mass is 32.2. The van der Waals surface area contributed by atoms with Crippen molar-refractivity contribution in [2.75, 3.05) is 22.9 Å². The number of anilines is 1. The number of carbonyl (C=O) groups is 2. The second-order valence-corrected chi connectivity index (χ2v) is 13.6. The lowest BCUT2D eigenvalue weighted by atomic mass is 10.0. The molecule has 1 saturated carbocycles. The third-order valence-electron chi connectivity index (χ3n) is 6.67. The lowest BCUT2D eigenvalue weighted by molar-refractivity contribution is 0.0640. The Labute approximate surface area is 246 Å². The highest BCUT2D eigenvalue weighted by molar-refractivity contribution is 7.92. The second kappa shape index (κ2) is 11.3. The molecule has 0 unspecified atom stereocenters. The Balaban J connectivity index is 1.63. The van der Waals surface area contributed by atoms with E-state index in [0.29, 0.717) is 22.6 Å². The number of furan rings is 1. The molecule has 3 aromatic carbocycles. The Kier molecular flexibility index (Phi) is 7.89. The Hall–Kier alpha value is -4.47. The molecule has 4 aromatic rings. The number of rotatable bonds is 10. The van der Waals surface area contributed by atoms with Crippen LogP contribution in [0.2, 0.25) is 0 Å². The number of sulfonamides is 2. The van der Waals surface area contributed by atoms with E-state index in [1.165, 1.54) is 30.3 Å². The third kappa shape index (κ3) is 6.96. The molecule has 1 aliphatic carbocycles. The fourth-order valence-electron chi connectivity index (χ4n) is 4.62. The van der Waals surface area contributed by atoms with Crippen molar-refractivity contribution in [1.29, 1.82) is 0 Å². The van der Waals surface area contributed by atoms with Crippen molar-refractivity contribution < 1.29 is 44.7 Å². The highest BCUT2D eigenvalue weighted by Gasteiger charge is 2.34. The van der Waals surface area contributed by atoms with E-state index in [-0.39, 0.29) is 33.9 Å². The van der Waals surface area contributed by atoms with E-state index in [1.54, 1.807) is 30.3 Å². The first-order valence-corrected chi connectivity index (χ1v) is 16.4. The summed E-state index contributed by atoms with van der Waals surface area (Å²) in [6, 6.07) is 14.7. The summed E-state index contributed by atoms with van der Waals surface area (Å²) in [4.78, 5) is 24.6. The predicted octanol–water partition coefficient (Wildman–Crippen LogP) is 4.20. The lowest BCUT2D eigenvalue weighted by Gasteiger charge is -2.24. The summed E-state index contributed by atoms with van der Waals surface area (Å²) in [6.45, 7) is -0.442. The normalized spacial score (nSPS) is 13.6. The standard InChI is InChI=1S/C28H26FN3O9S2/c1-42(35,36)32(12-13-43(31,37)38)23-15-24-22(14-21(23)16-2-3-16)25(27(33)41-28(30)34)26(40-24)17-4-8-19(9-5-17)39-20-10-6-18(29)7-11-20/h4-11,14-16H,2-3,12-13H2,1H3,(H2,30,34)(H2,31,37,38). The van der Waals surface area contributed by atoms with Gasteiger partial charge in [0.05, 0.1) is 17.7 Å². The molecule has 0 aliphatic heterocycles. The number of fused-ring (bicyclic) bond motifs is 1. The fraction of sp³-hybridized carbons (Fsp3) is 0.214. The summed E-state index contributed by atoms with van der Waals surface area (Å²) in [5, 5.41) is 5.38. The van der Waals surface area contributed by atoms with Gasteiger partial charge in [0.25, 0.3) is 0 Å². The first-order chi connectivity index (χ1) is 20.2. The van der Waals surface area contributed by atoms with Crippen LogP contribution in [0.1, 0.15) is 34.7 Å². The Morgan fingerprint density at radius 3 is 2.14 bits per heavy atom. The fourth-order valence-corrected chi connectivity index (χ4v) is 6.11. The van der Waals surface area contributed by atoms with E-state index in [2.05, 4.69) is 0 Å². The third-order valence-corrected chi connectivity index (χ3v) is 8.60. The number of nitrogens with zero attached hydrogens (tertiary/aromatic N) is 1. The number of amides is 1. The van der Waals surface area contributed by atoms with Crippen LogP contribution >= 0.6 is 0 Å². The molecule has 0 bridgehead atoms. The minimum Gasteiger partial charge on any atom is -0.457 e. The number of carbonyl (C=O) groups excluding carboxylic acids is 2. The average molecular weight is 632 g/mol. The topological polar surface area (TPSA) is 189 Å². The van der Waals surface area contributed by atoms with E-state index < -0.39 is 50.2 Å². The Morgan fingerprint density at radius 2 is 1.60 bits per heavy atom. The molecule has 1 amide bonds. The van der Waals surface area contributed by atoms with Gasteiger partial charge in [-0.1, -0.05) is 0 Å². The van der Waals surface area contributed by atoms with Gasteiger partial charge in [0.2, 0.25) is 20.0 Å². The summed E-state index contributed by atoms with van der Waals surface area (Å²) in [5.41, 5.74) is 6.16. The molecule has 0 saturated heterocycles. The number of halogens is 1. The number of primary sulfonamides is 1. The van der Waals surface area contributed by atoms with E-state index in [0.717, 1.165) is 23.4 Å². The van der Waals surface area contributed by atoms with Crippen LogP contribution in [0.4, 0.5) is 14.9 Å². The van der Waals surface area contributed by atoms with Gasteiger partial charge in [-0.25, -0.2) is 36.0 Å². The van der Waals surface area contributed by atoms with Gasteiger partial charge in [-0.2, -0.15) is 0 Å². The Bertz CT molecular complexity index is 1940. The molecule has 5 rings (SSSR count). The molecule has 12 nitrogen and oxygen atoms in total. The van der Waals surface area contributed by atoms with Gasteiger partial charge in [0, 0.05) is 23.6 Å². The van der Waals surface area contributed by atoms with Crippen LogP contribution in [0.25, 0.3) is 22.3 Å². The van der Waals surface area contributed by atoms with Crippen molar-refractivity contribution in [2.24, 2.45) is 10.9 Å². The van der Waals surface area contributed by atoms with E-state index in [1.807, 2.05) is 0 Å². The van der Waals surface area contributed by atoms with E-state index in [9.17, 15) is 30.8 Å². The van der Waals surface area contributed by atoms with E-state index in [4.69, 9.17) is 24.8 Å². The summed E-state index contributed by atoms with van der Waals surface area (Å²) >= 11 is 0. The number of nitrogens with two attached hydrogens (primary N) is 2. The predicted molar refractivity (Wildman–Crippen MR) is 155 cm³/mol. The molecule has 1 fully saturated rings. The molecule has 0 atom stereocenters. The smallest absolute Gasteiger partial charge is 0.412 e. The Morgan fingerprint density at radius 1 is 1.00 bits per heavy atom. The van der Waals surface area contributed by atoms with Crippen molar-refractivity contribution >= 4 is 48.8 Å². The number of primary amides is 1. The average Bonchev–Trinajstić information content (AvgIpc) is 3.68. The quantitative estimate of drug-likeness (QED) is 0.191. The molecule has 1 heterocycles. The van der Waals surface area contributed by atoms with E-state index >= 15 is 0 Å². The van der Waals surface area contributed by atoms with Crippen molar-refractivity contribution in [2.45, 2.75) is 18.8 Å². The first-order valence-electron chi connectivity index (χ1n) is 12.8. The first kappa shape index (κ1) is 30.0. The van der Waals surface area contributed by atoms with Gasteiger partial charge in [-0.15, -0.1) is 0 Å². The van der Waals surface area contributed by atoms with Crippen molar-refractivity contribution in [3.8, 4) is 22.8 Å². The minimum atomic E-state index is -4.00. The highest BCUT2D eigenvalue weighted by Crippen LogP contribution is 2.48.